The molecular formula is C12H13N5O2S2. The van der Waals surface area contributed by atoms with Crippen molar-refractivity contribution in [3.8, 4) is 0 Å². The van der Waals surface area contributed by atoms with Crippen molar-refractivity contribution in [2.75, 3.05) is 6.54 Å². The quantitative estimate of drug-likeness (QED) is 0.726. The first-order valence-corrected chi connectivity index (χ1v) is 8.76. The number of sulfonamides is 1. The standard InChI is InChI=1S/C12H13N5O2S2/c18-21(19,8-10-4-2-1-3-5-10)14-7-6-11-16-17-9-13-15-12(17)20-11/h1-5,9,14H,6-8H2. The van der Waals surface area contributed by atoms with Gasteiger partial charge < -0.3 is 0 Å². The number of benzene rings is 1. The normalized spacial score (nSPS) is 12.0. The Labute approximate surface area is 125 Å². The van der Waals surface area contributed by atoms with Crippen molar-refractivity contribution in [3.63, 3.8) is 0 Å². The highest BCUT2D eigenvalue weighted by molar-refractivity contribution is 7.88. The third-order valence-electron chi connectivity index (χ3n) is 2.79. The number of rotatable bonds is 6. The molecule has 3 aromatic rings. The van der Waals surface area contributed by atoms with Crippen molar-refractivity contribution >= 4 is 26.3 Å². The number of fused-ring (bicyclic) bond motifs is 1. The highest BCUT2D eigenvalue weighted by atomic mass is 32.2. The molecular weight excluding hydrogens is 310 g/mol. The summed E-state index contributed by atoms with van der Waals surface area (Å²) in [5, 5.41) is 12.7. The maximum Gasteiger partial charge on any atom is 0.234 e. The SMILES string of the molecule is O=S(=O)(Cc1ccccc1)NCCc1nn2cnnc2s1. The van der Waals surface area contributed by atoms with Crippen molar-refractivity contribution in [3.05, 3.63) is 47.2 Å². The van der Waals surface area contributed by atoms with Crippen LogP contribution in [0.2, 0.25) is 0 Å². The van der Waals surface area contributed by atoms with E-state index in [2.05, 4.69) is 20.0 Å². The van der Waals surface area contributed by atoms with Gasteiger partial charge in [-0.3, -0.25) is 0 Å². The smallest absolute Gasteiger partial charge is 0.215 e. The molecule has 2 aromatic heterocycles. The lowest BCUT2D eigenvalue weighted by Gasteiger charge is -2.05. The van der Waals surface area contributed by atoms with Crippen LogP contribution >= 0.6 is 11.3 Å². The Morgan fingerprint density at radius 3 is 2.81 bits per heavy atom. The molecule has 110 valence electrons. The van der Waals surface area contributed by atoms with Crippen LogP contribution in [-0.2, 0) is 22.2 Å². The van der Waals surface area contributed by atoms with Crippen molar-refractivity contribution in [1.29, 1.82) is 0 Å². The molecule has 2 heterocycles. The summed E-state index contributed by atoms with van der Waals surface area (Å²) >= 11 is 1.40. The zero-order valence-electron chi connectivity index (χ0n) is 11.0. The maximum atomic E-state index is 12.0. The van der Waals surface area contributed by atoms with E-state index >= 15 is 0 Å². The lowest BCUT2D eigenvalue weighted by Crippen LogP contribution is -2.27. The second-order valence-electron chi connectivity index (χ2n) is 4.44. The molecule has 0 aliphatic carbocycles. The van der Waals surface area contributed by atoms with Crippen LogP contribution in [0.25, 0.3) is 4.96 Å². The van der Waals surface area contributed by atoms with E-state index in [1.54, 1.807) is 16.6 Å². The van der Waals surface area contributed by atoms with E-state index in [1.807, 2.05) is 18.2 Å². The molecule has 9 heteroatoms. The van der Waals surface area contributed by atoms with Gasteiger partial charge in [0.15, 0.2) is 0 Å². The van der Waals surface area contributed by atoms with Crippen LogP contribution in [0.15, 0.2) is 36.7 Å². The second kappa shape index (κ2) is 5.88. The van der Waals surface area contributed by atoms with Gasteiger partial charge in [-0.15, -0.1) is 10.2 Å². The van der Waals surface area contributed by atoms with Gasteiger partial charge in [-0.1, -0.05) is 41.7 Å². The Bertz CT molecular complexity index is 797. The summed E-state index contributed by atoms with van der Waals surface area (Å²) in [7, 11) is -3.33. The summed E-state index contributed by atoms with van der Waals surface area (Å²) in [6.45, 7) is 0.319. The van der Waals surface area contributed by atoms with Gasteiger partial charge in [-0.25, -0.2) is 13.1 Å². The molecule has 0 atom stereocenters. The third-order valence-corrected chi connectivity index (χ3v) is 5.12. The van der Waals surface area contributed by atoms with E-state index < -0.39 is 10.0 Å². The molecule has 0 unspecified atom stereocenters. The van der Waals surface area contributed by atoms with Crippen molar-refractivity contribution in [2.45, 2.75) is 12.2 Å². The summed E-state index contributed by atoms with van der Waals surface area (Å²) in [6, 6.07) is 9.09. The zero-order chi connectivity index (χ0) is 14.7. The molecule has 0 aliphatic heterocycles. The van der Waals surface area contributed by atoms with E-state index in [1.165, 1.54) is 17.7 Å². The van der Waals surface area contributed by atoms with Crippen LogP contribution in [0.1, 0.15) is 10.6 Å². The molecule has 0 fully saturated rings. The summed E-state index contributed by atoms with van der Waals surface area (Å²) in [5.74, 6) is -0.0149. The lowest BCUT2D eigenvalue weighted by molar-refractivity contribution is 0.580. The highest BCUT2D eigenvalue weighted by Crippen LogP contribution is 2.11. The first-order valence-electron chi connectivity index (χ1n) is 6.29. The average molecular weight is 323 g/mol. The van der Waals surface area contributed by atoms with Gasteiger partial charge in [0.1, 0.15) is 11.3 Å². The van der Waals surface area contributed by atoms with Gasteiger partial charge in [0.25, 0.3) is 0 Å². The monoisotopic (exact) mass is 323 g/mol. The Morgan fingerprint density at radius 1 is 1.24 bits per heavy atom. The van der Waals surface area contributed by atoms with Crippen LogP contribution in [0.3, 0.4) is 0 Å². The fourth-order valence-corrected chi connectivity index (χ4v) is 3.82. The topological polar surface area (TPSA) is 89.2 Å². The van der Waals surface area contributed by atoms with Crippen molar-refractivity contribution in [1.82, 2.24) is 24.5 Å². The van der Waals surface area contributed by atoms with E-state index in [4.69, 9.17) is 0 Å². The molecule has 3 rings (SSSR count). The van der Waals surface area contributed by atoms with Crippen LogP contribution < -0.4 is 4.72 Å². The number of hydrogen-bond acceptors (Lipinski definition) is 6. The fraction of sp³-hybridized carbons (Fsp3) is 0.250. The molecule has 0 amide bonds. The minimum atomic E-state index is -3.33. The van der Waals surface area contributed by atoms with Gasteiger partial charge in [0.2, 0.25) is 15.0 Å². The lowest BCUT2D eigenvalue weighted by atomic mass is 10.2. The maximum absolute atomic E-state index is 12.0. The largest absolute Gasteiger partial charge is 0.234 e. The molecule has 0 spiro atoms. The van der Waals surface area contributed by atoms with Crippen LogP contribution in [-0.4, -0.2) is 34.8 Å². The van der Waals surface area contributed by atoms with Crippen molar-refractivity contribution in [2.24, 2.45) is 0 Å². The molecule has 0 saturated carbocycles. The summed E-state index contributed by atoms with van der Waals surface area (Å²) in [4.78, 5) is 0.706. The summed E-state index contributed by atoms with van der Waals surface area (Å²) in [5.41, 5.74) is 0.767. The predicted octanol–water partition coefficient (Wildman–Crippen LogP) is 0.848. The minimum absolute atomic E-state index is 0.0149. The molecule has 1 N–H and O–H groups in total. The van der Waals surface area contributed by atoms with E-state index in [-0.39, 0.29) is 5.75 Å². The average Bonchev–Trinajstić information content (AvgIpc) is 3.00. The van der Waals surface area contributed by atoms with Crippen LogP contribution in [0, 0.1) is 0 Å². The van der Waals surface area contributed by atoms with Crippen molar-refractivity contribution < 1.29 is 8.42 Å². The van der Waals surface area contributed by atoms with E-state index in [9.17, 15) is 8.42 Å². The number of aromatic nitrogens is 4. The summed E-state index contributed by atoms with van der Waals surface area (Å²) in [6.07, 6.45) is 2.05. The molecule has 0 saturated heterocycles. The third kappa shape index (κ3) is 3.63. The number of nitrogens with one attached hydrogen (secondary N) is 1. The van der Waals surface area contributed by atoms with Gasteiger partial charge >= 0.3 is 0 Å². The predicted molar refractivity (Wildman–Crippen MR) is 79.4 cm³/mol. The number of nitrogens with zero attached hydrogens (tertiary/aromatic N) is 4. The van der Waals surface area contributed by atoms with Gasteiger partial charge in [0.05, 0.1) is 5.75 Å². The fourth-order valence-electron chi connectivity index (χ4n) is 1.86. The molecule has 0 bridgehead atoms. The Balaban J connectivity index is 1.55. The van der Waals surface area contributed by atoms with E-state index in [0.29, 0.717) is 17.9 Å². The first kappa shape index (κ1) is 14.1. The minimum Gasteiger partial charge on any atom is -0.215 e. The summed E-state index contributed by atoms with van der Waals surface area (Å²) < 4.78 is 28.1. The zero-order valence-corrected chi connectivity index (χ0v) is 12.6. The van der Waals surface area contributed by atoms with Crippen LogP contribution in [0.5, 0.6) is 0 Å². The highest BCUT2D eigenvalue weighted by Gasteiger charge is 2.12. The molecule has 7 nitrogen and oxygen atoms in total. The van der Waals surface area contributed by atoms with E-state index in [0.717, 1.165) is 10.6 Å². The second-order valence-corrected chi connectivity index (χ2v) is 7.29. The Morgan fingerprint density at radius 2 is 2.05 bits per heavy atom. The van der Waals surface area contributed by atoms with Crippen LogP contribution in [0.4, 0.5) is 0 Å². The molecule has 0 aliphatic rings. The van der Waals surface area contributed by atoms with Gasteiger partial charge in [-0.05, 0) is 5.56 Å². The molecule has 1 aromatic carbocycles. The van der Waals surface area contributed by atoms with Gasteiger partial charge in [-0.2, -0.15) is 9.61 Å². The Kier molecular flexibility index (Phi) is 3.95. The Hall–Kier alpha value is -1.84. The van der Waals surface area contributed by atoms with Gasteiger partial charge in [0, 0.05) is 13.0 Å². The number of hydrogen-bond donors (Lipinski definition) is 1. The molecule has 0 radical (unpaired) electrons. The molecule has 21 heavy (non-hydrogen) atoms. The first-order chi connectivity index (χ1) is 10.1.